The number of aromatic amines is 1. The number of amides is 5. The predicted octanol–water partition coefficient (Wildman–Crippen LogP) is 2.92. The fourth-order valence-corrected chi connectivity index (χ4v) is 7.22. The number of ether oxygens (including phenoxy) is 3. The number of hydrogen-bond acceptors (Lipinski definition) is 11. The molecule has 5 atom stereocenters. The topological polar surface area (TPSA) is 200 Å². The Morgan fingerprint density at radius 1 is 0.833 bits per heavy atom. The average Bonchev–Trinajstić information content (AvgIpc) is 4.00. The molecule has 17 heteroatoms. The summed E-state index contributed by atoms with van der Waals surface area (Å²) in [5.41, 5.74) is 3.47. The number of carbonyl (C=O) groups is 5. The van der Waals surface area contributed by atoms with Gasteiger partial charge in [-0.1, -0.05) is 52.0 Å². The predicted molar refractivity (Wildman–Crippen MR) is 195 cm³/mol. The Hall–Kier alpha value is -5.74. The number of imidazole rings is 1. The third-order valence-corrected chi connectivity index (χ3v) is 10.2. The van der Waals surface area contributed by atoms with Crippen LogP contribution in [0.1, 0.15) is 70.8 Å². The Kier molecular flexibility index (Phi) is 11.3. The molecule has 6 rings (SSSR count). The van der Waals surface area contributed by atoms with Crippen molar-refractivity contribution >= 4 is 35.6 Å². The molecule has 0 radical (unpaired) electrons. The first-order chi connectivity index (χ1) is 25.9. The van der Waals surface area contributed by atoms with Crippen LogP contribution in [-0.4, -0.2) is 106 Å². The Balaban J connectivity index is 1.06. The van der Waals surface area contributed by atoms with Crippen molar-refractivity contribution in [1.82, 2.24) is 45.9 Å². The first-order valence-corrected chi connectivity index (χ1v) is 18.3. The van der Waals surface area contributed by atoms with Crippen molar-refractivity contribution in [3.8, 4) is 11.3 Å². The molecule has 1 unspecified atom stereocenters. The molecule has 2 aromatic rings. The fourth-order valence-electron chi connectivity index (χ4n) is 7.22. The zero-order chi connectivity index (χ0) is 38.7. The van der Waals surface area contributed by atoms with Gasteiger partial charge in [0.25, 0.3) is 6.35 Å². The molecule has 0 bridgehead atoms. The smallest absolute Gasteiger partial charge is 0.407 e. The second-order valence-electron chi connectivity index (χ2n) is 14.4. The maximum Gasteiger partial charge on any atom is 0.407 e. The quantitative estimate of drug-likeness (QED) is 0.227. The zero-order valence-electron chi connectivity index (χ0n) is 31.4. The number of H-pyrrole nitrogens is 1. The van der Waals surface area contributed by atoms with Crippen molar-refractivity contribution in [2.75, 3.05) is 27.3 Å². The Bertz CT molecular complexity index is 1810. The molecule has 0 saturated carbocycles. The SMILES string of the molecule is COC(=O)N[C@H](C(=O)N1CCC[C@H]1C(=O)NC1=CN2C=C(c3ccc(-c4cnc([C@@H]5CCCN5C(=O)[C@@H](NC(=O)OC)C(C)C)[nH]4)cc3)NC2O1)C(C)C. The molecule has 290 valence electrons. The van der Waals surface area contributed by atoms with Gasteiger partial charge in [0.15, 0.2) is 0 Å². The van der Waals surface area contributed by atoms with Crippen molar-refractivity contribution in [2.24, 2.45) is 11.8 Å². The number of likely N-dealkylation sites (tertiary alicyclic amines) is 2. The minimum Gasteiger partial charge on any atom is -0.453 e. The van der Waals surface area contributed by atoms with E-state index in [4.69, 9.17) is 9.47 Å². The van der Waals surface area contributed by atoms with Crippen LogP contribution in [0.3, 0.4) is 0 Å². The van der Waals surface area contributed by atoms with Gasteiger partial charge in [0.05, 0.1) is 44.0 Å². The lowest BCUT2D eigenvalue weighted by molar-refractivity contribution is -0.140. The van der Waals surface area contributed by atoms with E-state index in [1.807, 2.05) is 63.1 Å². The van der Waals surface area contributed by atoms with Crippen LogP contribution in [0.2, 0.25) is 0 Å². The molecule has 0 aliphatic carbocycles. The number of fused-ring (bicyclic) bond motifs is 1. The van der Waals surface area contributed by atoms with E-state index in [1.54, 1.807) is 17.3 Å². The summed E-state index contributed by atoms with van der Waals surface area (Å²) in [6.45, 7) is 8.39. The molecule has 5 N–H and O–H groups in total. The number of nitrogens with zero attached hydrogens (tertiary/aromatic N) is 4. The van der Waals surface area contributed by atoms with E-state index in [1.165, 1.54) is 19.1 Å². The van der Waals surface area contributed by atoms with E-state index >= 15 is 0 Å². The number of carbonyl (C=O) groups excluding carboxylic acids is 5. The van der Waals surface area contributed by atoms with Crippen LogP contribution in [0.15, 0.2) is 48.7 Å². The van der Waals surface area contributed by atoms with Gasteiger partial charge in [0.2, 0.25) is 23.6 Å². The van der Waals surface area contributed by atoms with E-state index < -0.39 is 36.7 Å². The van der Waals surface area contributed by atoms with Crippen molar-refractivity contribution in [2.45, 2.75) is 83.9 Å². The van der Waals surface area contributed by atoms with Crippen molar-refractivity contribution in [1.29, 1.82) is 0 Å². The lowest BCUT2D eigenvalue weighted by Gasteiger charge is -2.30. The molecular weight excluding hydrogens is 698 g/mol. The molecule has 2 saturated heterocycles. The monoisotopic (exact) mass is 747 g/mol. The standard InChI is InChI=1S/C37H49N9O8/c1-20(2)29(42-36(50)52-5)33(48)45-15-7-9-26(45)31-38-17-24(39-31)22-11-13-23(14-12-22)25-18-44-19-28(54-35(44)40-25)41-32(47)27-10-8-16-46(27)34(49)30(21(3)4)43-37(51)53-6/h11-14,17-21,26-27,29-30,35,40H,7-10,15-16H2,1-6H3,(H,38,39)(H,41,47)(H,42,50)(H,43,51)/t26-,27-,29-,30-,35?/m0/s1. The molecule has 5 amide bonds. The molecule has 1 aromatic carbocycles. The molecule has 0 spiro atoms. The third-order valence-electron chi connectivity index (χ3n) is 10.2. The highest BCUT2D eigenvalue weighted by atomic mass is 16.5. The fraction of sp³-hybridized carbons (Fsp3) is 0.514. The van der Waals surface area contributed by atoms with Gasteiger partial charge in [0, 0.05) is 19.3 Å². The molecule has 2 fully saturated rings. The van der Waals surface area contributed by atoms with Crippen LogP contribution in [0, 0.1) is 11.8 Å². The Morgan fingerprint density at radius 3 is 2.04 bits per heavy atom. The summed E-state index contributed by atoms with van der Waals surface area (Å²) in [4.78, 5) is 77.1. The number of hydrogen-bond donors (Lipinski definition) is 5. The summed E-state index contributed by atoms with van der Waals surface area (Å²) >= 11 is 0. The van der Waals surface area contributed by atoms with Crippen molar-refractivity contribution in [3.05, 3.63) is 60.1 Å². The van der Waals surface area contributed by atoms with Gasteiger partial charge in [-0.15, -0.1) is 0 Å². The first kappa shape index (κ1) is 38.0. The highest BCUT2D eigenvalue weighted by Gasteiger charge is 2.41. The van der Waals surface area contributed by atoms with Gasteiger partial charge in [-0.05, 0) is 48.6 Å². The van der Waals surface area contributed by atoms with E-state index in [0.29, 0.717) is 31.8 Å². The first-order valence-electron chi connectivity index (χ1n) is 18.3. The average molecular weight is 748 g/mol. The van der Waals surface area contributed by atoms with Crippen LogP contribution in [-0.2, 0) is 28.6 Å². The number of nitrogens with one attached hydrogen (secondary N) is 5. The number of benzene rings is 1. The molecule has 4 aliphatic heterocycles. The summed E-state index contributed by atoms with van der Waals surface area (Å²) in [6.07, 6.45) is 6.17. The van der Waals surface area contributed by atoms with Crippen molar-refractivity contribution in [3.63, 3.8) is 0 Å². The van der Waals surface area contributed by atoms with Gasteiger partial charge in [-0.25, -0.2) is 14.6 Å². The highest BCUT2D eigenvalue weighted by molar-refractivity contribution is 5.92. The van der Waals surface area contributed by atoms with Crippen LogP contribution < -0.4 is 21.3 Å². The second-order valence-corrected chi connectivity index (χ2v) is 14.4. The molecular formula is C37H49N9O8. The summed E-state index contributed by atoms with van der Waals surface area (Å²) < 4.78 is 15.4. The van der Waals surface area contributed by atoms with E-state index in [9.17, 15) is 24.0 Å². The molecule has 5 heterocycles. The molecule has 4 aliphatic rings. The minimum atomic E-state index is -0.820. The van der Waals surface area contributed by atoms with Crippen LogP contribution in [0.25, 0.3) is 17.0 Å². The zero-order valence-corrected chi connectivity index (χ0v) is 31.4. The Morgan fingerprint density at radius 2 is 1.43 bits per heavy atom. The maximum absolute atomic E-state index is 13.5. The lowest BCUT2D eigenvalue weighted by Crippen LogP contribution is -2.55. The van der Waals surface area contributed by atoms with E-state index in [0.717, 1.165) is 35.4 Å². The van der Waals surface area contributed by atoms with Crippen LogP contribution in [0.4, 0.5) is 9.59 Å². The molecule has 1 aromatic heterocycles. The van der Waals surface area contributed by atoms with Crippen molar-refractivity contribution < 1.29 is 38.2 Å². The molecule has 54 heavy (non-hydrogen) atoms. The summed E-state index contributed by atoms with van der Waals surface area (Å²) in [5.74, 6) is -0.234. The van der Waals surface area contributed by atoms with Crippen LogP contribution >= 0.6 is 0 Å². The lowest BCUT2D eigenvalue weighted by atomic mass is 10.0. The summed E-state index contributed by atoms with van der Waals surface area (Å²) in [7, 11) is 2.51. The maximum atomic E-state index is 13.5. The number of methoxy groups -OCH3 is 2. The number of alkyl carbamates (subject to hydrolysis) is 2. The Labute approximate surface area is 313 Å². The second kappa shape index (κ2) is 16.1. The van der Waals surface area contributed by atoms with Gasteiger partial charge in [-0.3, -0.25) is 24.6 Å². The van der Waals surface area contributed by atoms with E-state index in [-0.39, 0.29) is 41.5 Å². The van der Waals surface area contributed by atoms with Crippen LogP contribution in [0.5, 0.6) is 0 Å². The summed E-state index contributed by atoms with van der Waals surface area (Å²) in [5, 5.41) is 11.4. The van der Waals surface area contributed by atoms with Gasteiger partial charge >= 0.3 is 12.2 Å². The minimum absolute atomic E-state index is 0.121. The number of aromatic nitrogens is 2. The summed E-state index contributed by atoms with van der Waals surface area (Å²) in [6, 6.07) is 5.45. The molecule has 17 nitrogen and oxygen atoms in total. The van der Waals surface area contributed by atoms with E-state index in [2.05, 4.69) is 36.0 Å². The van der Waals surface area contributed by atoms with Gasteiger partial charge in [-0.2, -0.15) is 0 Å². The number of rotatable bonds is 11. The third kappa shape index (κ3) is 7.94. The largest absolute Gasteiger partial charge is 0.453 e. The van der Waals surface area contributed by atoms with Gasteiger partial charge < -0.3 is 44.9 Å². The highest BCUT2D eigenvalue weighted by Crippen LogP contribution is 2.34. The normalized spacial score (nSPS) is 21.5. The van der Waals surface area contributed by atoms with Gasteiger partial charge in [0.1, 0.15) is 23.9 Å².